The van der Waals surface area contributed by atoms with E-state index in [0.29, 0.717) is 6.42 Å². The first-order valence-electron chi connectivity index (χ1n) is 10.5. The van der Waals surface area contributed by atoms with Gasteiger partial charge in [-0.25, -0.2) is 15.5 Å². The molecule has 8 heteroatoms. The Morgan fingerprint density at radius 2 is 1.72 bits per heavy atom. The Hall–Kier alpha value is -3.52. The van der Waals surface area contributed by atoms with Crippen molar-refractivity contribution in [2.45, 2.75) is 33.6 Å². The predicted molar refractivity (Wildman–Crippen MR) is 122 cm³/mol. The number of hydrazine groups is 1. The lowest BCUT2D eigenvalue weighted by Crippen LogP contribution is -2.51. The number of benzene rings is 1. The lowest BCUT2D eigenvalue weighted by Gasteiger charge is -2.28. The number of hydrogen-bond donors (Lipinski definition) is 3. The molecule has 1 heterocycles. The largest absolute Gasteiger partial charge is 0.289 e. The summed E-state index contributed by atoms with van der Waals surface area (Å²) in [5, 5.41) is 10.4. The van der Waals surface area contributed by atoms with Crippen molar-refractivity contribution < 1.29 is 19.6 Å². The van der Waals surface area contributed by atoms with Crippen LogP contribution in [0.2, 0.25) is 0 Å². The first-order chi connectivity index (χ1) is 15.3. The van der Waals surface area contributed by atoms with Gasteiger partial charge in [-0.15, -0.1) is 0 Å². The number of hydroxylamine groups is 1. The fraction of sp³-hybridized carbons (Fsp3) is 0.333. The smallest absolute Gasteiger partial charge is 0.247 e. The van der Waals surface area contributed by atoms with Gasteiger partial charge in [-0.05, 0) is 36.5 Å². The number of hydrogen-bond acceptors (Lipinski definition) is 5. The number of carbonyl (C=O) groups is 3. The molecule has 2 atom stereocenters. The fourth-order valence-electron chi connectivity index (χ4n) is 3.39. The normalized spacial score (nSPS) is 12.9. The highest BCUT2D eigenvalue weighted by atomic mass is 16.5. The van der Waals surface area contributed by atoms with E-state index in [2.05, 4.69) is 10.4 Å². The number of aromatic nitrogens is 1. The van der Waals surface area contributed by atoms with Gasteiger partial charge in [-0.2, -0.15) is 0 Å². The van der Waals surface area contributed by atoms with E-state index >= 15 is 0 Å². The van der Waals surface area contributed by atoms with E-state index in [1.165, 1.54) is 13.1 Å². The third kappa shape index (κ3) is 7.31. The zero-order valence-corrected chi connectivity index (χ0v) is 18.6. The SMILES string of the molecule is CC(=O)N(NC(=O)[C@H](CC(C)C)[C@H](C/C=C/c1ccccc1)C(=O)NO)c1ccccn1. The summed E-state index contributed by atoms with van der Waals surface area (Å²) in [5.74, 6) is -2.83. The van der Waals surface area contributed by atoms with Crippen LogP contribution in [0.15, 0.2) is 60.8 Å². The number of allylic oxidation sites excluding steroid dienone is 1. The van der Waals surface area contributed by atoms with Crippen LogP contribution in [0.5, 0.6) is 0 Å². The predicted octanol–water partition coefficient (Wildman–Crippen LogP) is 3.35. The van der Waals surface area contributed by atoms with Gasteiger partial charge in [0, 0.05) is 13.1 Å². The minimum Gasteiger partial charge on any atom is -0.289 e. The van der Waals surface area contributed by atoms with Crippen LogP contribution in [0, 0.1) is 17.8 Å². The van der Waals surface area contributed by atoms with Crippen LogP contribution in [-0.2, 0) is 14.4 Å². The second kappa shape index (κ2) is 12.4. The van der Waals surface area contributed by atoms with Gasteiger partial charge in [0.1, 0.15) is 0 Å². The zero-order valence-electron chi connectivity index (χ0n) is 18.6. The minimum atomic E-state index is -0.833. The highest BCUT2D eigenvalue weighted by Gasteiger charge is 2.35. The molecule has 0 saturated carbocycles. The maximum Gasteiger partial charge on any atom is 0.247 e. The Balaban J connectivity index is 2.27. The van der Waals surface area contributed by atoms with Crippen LogP contribution < -0.4 is 15.9 Å². The quantitative estimate of drug-likeness (QED) is 0.411. The van der Waals surface area contributed by atoms with E-state index in [1.54, 1.807) is 29.8 Å². The molecular formula is C24H30N4O4. The molecule has 0 unspecified atom stereocenters. The third-order valence-corrected chi connectivity index (χ3v) is 4.91. The van der Waals surface area contributed by atoms with Crippen LogP contribution >= 0.6 is 0 Å². The Morgan fingerprint density at radius 3 is 2.28 bits per heavy atom. The molecule has 0 aliphatic heterocycles. The van der Waals surface area contributed by atoms with Crippen LogP contribution in [0.1, 0.15) is 39.2 Å². The Morgan fingerprint density at radius 1 is 1.03 bits per heavy atom. The average Bonchev–Trinajstić information content (AvgIpc) is 2.79. The minimum absolute atomic E-state index is 0.0958. The van der Waals surface area contributed by atoms with Crippen molar-refractivity contribution in [2.75, 3.05) is 5.01 Å². The first kappa shape index (κ1) is 24.7. The van der Waals surface area contributed by atoms with Gasteiger partial charge in [0.15, 0.2) is 5.82 Å². The van der Waals surface area contributed by atoms with Crippen molar-refractivity contribution in [3.05, 3.63) is 66.4 Å². The molecule has 0 spiro atoms. The summed E-state index contributed by atoms with van der Waals surface area (Å²) in [7, 11) is 0. The van der Waals surface area contributed by atoms with Crippen LogP contribution in [-0.4, -0.2) is 27.9 Å². The number of rotatable bonds is 9. The molecule has 170 valence electrons. The number of carbonyl (C=O) groups excluding carboxylic acids is 3. The van der Waals surface area contributed by atoms with Crippen LogP contribution in [0.3, 0.4) is 0 Å². The summed E-state index contributed by atoms with van der Waals surface area (Å²) in [6.07, 6.45) is 5.79. The van der Waals surface area contributed by atoms with Crippen molar-refractivity contribution in [2.24, 2.45) is 17.8 Å². The van der Waals surface area contributed by atoms with Crippen molar-refractivity contribution in [3.8, 4) is 0 Å². The molecule has 2 rings (SSSR count). The second-order valence-electron chi connectivity index (χ2n) is 7.89. The molecule has 0 radical (unpaired) electrons. The monoisotopic (exact) mass is 438 g/mol. The van der Waals surface area contributed by atoms with Crippen molar-refractivity contribution >= 4 is 29.6 Å². The van der Waals surface area contributed by atoms with Crippen molar-refractivity contribution in [1.29, 1.82) is 0 Å². The fourth-order valence-corrected chi connectivity index (χ4v) is 3.39. The van der Waals surface area contributed by atoms with E-state index in [1.807, 2.05) is 50.3 Å². The van der Waals surface area contributed by atoms with E-state index in [4.69, 9.17) is 0 Å². The van der Waals surface area contributed by atoms with Gasteiger partial charge >= 0.3 is 0 Å². The summed E-state index contributed by atoms with van der Waals surface area (Å²) < 4.78 is 0. The number of anilines is 1. The molecule has 1 aromatic carbocycles. The van der Waals surface area contributed by atoms with E-state index in [-0.39, 0.29) is 18.2 Å². The summed E-state index contributed by atoms with van der Waals surface area (Å²) in [5.41, 5.74) is 5.24. The molecule has 8 nitrogen and oxygen atoms in total. The highest BCUT2D eigenvalue weighted by molar-refractivity contribution is 5.95. The van der Waals surface area contributed by atoms with E-state index in [9.17, 15) is 19.6 Å². The lowest BCUT2D eigenvalue weighted by molar-refractivity contribution is -0.141. The molecule has 3 N–H and O–H groups in total. The van der Waals surface area contributed by atoms with Gasteiger partial charge in [-0.3, -0.25) is 25.0 Å². The average molecular weight is 439 g/mol. The van der Waals surface area contributed by atoms with Gasteiger partial charge < -0.3 is 0 Å². The summed E-state index contributed by atoms with van der Waals surface area (Å²) >= 11 is 0. The van der Waals surface area contributed by atoms with Crippen molar-refractivity contribution in [3.63, 3.8) is 0 Å². The van der Waals surface area contributed by atoms with Crippen LogP contribution in [0.4, 0.5) is 5.82 Å². The molecule has 0 aliphatic rings. The Kier molecular flexibility index (Phi) is 9.56. The Labute approximate surface area is 188 Å². The maximum absolute atomic E-state index is 13.2. The topological polar surface area (TPSA) is 112 Å². The number of nitrogens with zero attached hydrogens (tertiary/aromatic N) is 2. The highest BCUT2D eigenvalue weighted by Crippen LogP contribution is 2.26. The van der Waals surface area contributed by atoms with E-state index in [0.717, 1.165) is 10.6 Å². The van der Waals surface area contributed by atoms with Gasteiger partial charge in [-0.1, -0.05) is 62.4 Å². The summed E-state index contributed by atoms with van der Waals surface area (Å²) in [6, 6.07) is 14.6. The first-order valence-corrected chi connectivity index (χ1v) is 10.5. The van der Waals surface area contributed by atoms with Crippen molar-refractivity contribution in [1.82, 2.24) is 15.9 Å². The maximum atomic E-state index is 13.2. The molecule has 32 heavy (non-hydrogen) atoms. The van der Waals surface area contributed by atoms with Gasteiger partial charge in [0.05, 0.1) is 11.8 Å². The number of amides is 3. The molecule has 0 bridgehead atoms. The third-order valence-electron chi connectivity index (χ3n) is 4.91. The molecule has 1 aromatic heterocycles. The van der Waals surface area contributed by atoms with E-state index < -0.39 is 29.6 Å². The molecule has 0 aliphatic carbocycles. The standard InChI is InChI=1S/C24H30N4O4/c1-17(2)16-21(23(30)26-28(18(3)29)22-14-7-8-15-25-22)20(24(31)27-32)13-9-12-19-10-5-4-6-11-19/h4-12,14-15,17,20-21,32H,13,16H2,1-3H3,(H,26,30)(H,27,31)/b12-9+/t20-,21+/m0/s1. The van der Waals surface area contributed by atoms with Crippen LogP contribution in [0.25, 0.3) is 6.08 Å². The molecule has 2 aromatic rings. The zero-order chi connectivity index (χ0) is 23.5. The summed E-state index contributed by atoms with van der Waals surface area (Å²) in [4.78, 5) is 42.0. The molecule has 3 amide bonds. The second-order valence-corrected chi connectivity index (χ2v) is 7.89. The number of pyridine rings is 1. The molecular weight excluding hydrogens is 408 g/mol. The van der Waals surface area contributed by atoms with Gasteiger partial charge in [0.2, 0.25) is 17.7 Å². The Bertz CT molecular complexity index is 916. The van der Waals surface area contributed by atoms with Gasteiger partial charge in [0.25, 0.3) is 0 Å². The number of nitrogens with one attached hydrogen (secondary N) is 2. The lowest BCUT2D eigenvalue weighted by atomic mass is 9.82. The molecule has 0 fully saturated rings. The molecule has 0 saturated heterocycles. The summed E-state index contributed by atoms with van der Waals surface area (Å²) in [6.45, 7) is 5.19.